The fraction of sp³-hybridized carbons (Fsp3) is 1.00. The molecule has 0 rings (SSSR count). The topological polar surface area (TPSA) is 38.7 Å². The molecule has 0 radical (unpaired) electrons. The van der Waals surface area contributed by atoms with Gasteiger partial charge in [-0.2, -0.15) is 0 Å². The predicted octanol–water partition coefficient (Wildman–Crippen LogP) is 2.18. The highest BCUT2D eigenvalue weighted by Gasteiger charge is 2.15. The summed E-state index contributed by atoms with van der Waals surface area (Å²) in [5.41, 5.74) is 0. The minimum absolute atomic E-state index is 0.464. The largest absolute Gasteiger partial charge is 0.388 e. The summed E-state index contributed by atoms with van der Waals surface area (Å²) in [5, 5.41) is 9.37. The molecule has 2 atom stereocenters. The molecular weight excluding hydrogens is 180 g/mol. The van der Waals surface area contributed by atoms with E-state index < -0.39 is 12.4 Å². The molecule has 0 bridgehead atoms. The van der Waals surface area contributed by atoms with Gasteiger partial charge >= 0.3 is 0 Å². The van der Waals surface area contributed by atoms with Crippen LogP contribution in [-0.2, 0) is 9.47 Å². The Kier molecular flexibility index (Phi) is 8.14. The van der Waals surface area contributed by atoms with Crippen LogP contribution in [0.4, 0.5) is 0 Å². The van der Waals surface area contributed by atoms with Gasteiger partial charge in [0, 0.05) is 6.61 Å². The van der Waals surface area contributed by atoms with Crippen LogP contribution < -0.4 is 0 Å². The van der Waals surface area contributed by atoms with Crippen LogP contribution in [0.2, 0.25) is 0 Å². The van der Waals surface area contributed by atoms with E-state index in [4.69, 9.17) is 9.47 Å². The van der Waals surface area contributed by atoms with Crippen molar-refractivity contribution in [2.24, 2.45) is 5.92 Å². The van der Waals surface area contributed by atoms with Crippen LogP contribution in [0.25, 0.3) is 0 Å². The third-order valence-electron chi connectivity index (χ3n) is 1.77. The number of aliphatic hydroxyl groups is 1. The molecule has 0 aromatic rings. The van der Waals surface area contributed by atoms with E-state index in [-0.39, 0.29) is 0 Å². The summed E-state index contributed by atoms with van der Waals surface area (Å²) in [5.74, 6) is 0.464. The fourth-order valence-corrected chi connectivity index (χ4v) is 0.958. The Morgan fingerprint density at radius 1 is 1.14 bits per heavy atom. The van der Waals surface area contributed by atoms with Gasteiger partial charge in [0.05, 0.1) is 6.61 Å². The van der Waals surface area contributed by atoms with E-state index in [1.165, 1.54) is 0 Å². The molecule has 14 heavy (non-hydrogen) atoms. The maximum Gasteiger partial charge on any atom is 0.183 e. The molecule has 3 nitrogen and oxygen atoms in total. The van der Waals surface area contributed by atoms with E-state index in [1.807, 2.05) is 0 Å². The number of unbranched alkanes of at least 4 members (excludes halogenated alkanes) is 1. The molecule has 0 spiro atoms. The maximum absolute atomic E-state index is 9.37. The molecular formula is C11H24O3. The minimum atomic E-state index is -0.564. The molecule has 86 valence electrons. The lowest BCUT2D eigenvalue weighted by Crippen LogP contribution is -2.31. The van der Waals surface area contributed by atoms with Gasteiger partial charge in [0.2, 0.25) is 0 Å². The molecule has 0 aliphatic heterocycles. The Hall–Kier alpha value is -0.120. The zero-order valence-corrected chi connectivity index (χ0v) is 9.82. The molecule has 2 unspecified atom stereocenters. The molecule has 0 aliphatic carbocycles. The molecule has 3 heteroatoms. The quantitative estimate of drug-likeness (QED) is 0.486. The first kappa shape index (κ1) is 13.9. The van der Waals surface area contributed by atoms with Gasteiger partial charge < -0.3 is 14.6 Å². The second kappa shape index (κ2) is 8.21. The van der Waals surface area contributed by atoms with E-state index >= 15 is 0 Å². The summed E-state index contributed by atoms with van der Waals surface area (Å²) >= 11 is 0. The van der Waals surface area contributed by atoms with Gasteiger partial charge in [-0.15, -0.1) is 0 Å². The van der Waals surface area contributed by atoms with Crippen molar-refractivity contribution in [2.75, 3.05) is 13.2 Å². The van der Waals surface area contributed by atoms with E-state index in [0.717, 1.165) is 12.8 Å². The number of rotatable bonds is 8. The van der Waals surface area contributed by atoms with Crippen LogP contribution in [-0.4, -0.2) is 30.7 Å². The summed E-state index contributed by atoms with van der Waals surface area (Å²) in [7, 11) is 0. The average Bonchev–Trinajstić information content (AvgIpc) is 2.10. The van der Waals surface area contributed by atoms with Crippen LogP contribution in [0.1, 0.15) is 40.5 Å². The summed E-state index contributed by atoms with van der Waals surface area (Å²) in [6, 6.07) is 0. The summed E-state index contributed by atoms with van der Waals surface area (Å²) in [6.45, 7) is 9.23. The molecule has 0 fully saturated rings. The SMILES string of the molecule is CCCCOC(OCC(C)C)C(C)O. The molecule has 0 aliphatic rings. The van der Waals surface area contributed by atoms with Crippen LogP contribution in [0, 0.1) is 5.92 Å². The second-order valence-electron chi connectivity index (χ2n) is 4.06. The van der Waals surface area contributed by atoms with Crippen molar-refractivity contribution in [3.05, 3.63) is 0 Å². The normalized spacial score (nSPS) is 15.9. The molecule has 0 amide bonds. The monoisotopic (exact) mass is 204 g/mol. The molecule has 0 heterocycles. The Labute approximate surface area is 87.4 Å². The van der Waals surface area contributed by atoms with Crippen LogP contribution in [0.5, 0.6) is 0 Å². The molecule has 0 aromatic carbocycles. The van der Waals surface area contributed by atoms with Gasteiger partial charge in [-0.25, -0.2) is 0 Å². The minimum Gasteiger partial charge on any atom is -0.388 e. The van der Waals surface area contributed by atoms with Gasteiger partial charge in [-0.1, -0.05) is 27.2 Å². The maximum atomic E-state index is 9.37. The molecule has 0 saturated carbocycles. The van der Waals surface area contributed by atoms with Crippen LogP contribution in [0.3, 0.4) is 0 Å². The average molecular weight is 204 g/mol. The standard InChI is InChI=1S/C11H24O3/c1-5-6-7-13-11(10(4)12)14-8-9(2)3/h9-12H,5-8H2,1-4H3. The Bertz CT molecular complexity index is 124. The number of hydrogen-bond acceptors (Lipinski definition) is 3. The number of ether oxygens (including phenoxy) is 2. The van der Waals surface area contributed by atoms with Gasteiger partial charge in [-0.3, -0.25) is 0 Å². The van der Waals surface area contributed by atoms with Crippen molar-refractivity contribution in [2.45, 2.75) is 52.9 Å². The lowest BCUT2D eigenvalue weighted by molar-refractivity contribution is -0.194. The third kappa shape index (κ3) is 7.30. The van der Waals surface area contributed by atoms with Crippen LogP contribution in [0.15, 0.2) is 0 Å². The predicted molar refractivity (Wildman–Crippen MR) is 57.1 cm³/mol. The van der Waals surface area contributed by atoms with Crippen molar-refractivity contribution in [3.63, 3.8) is 0 Å². The zero-order valence-electron chi connectivity index (χ0n) is 9.82. The van der Waals surface area contributed by atoms with Gasteiger partial charge in [0.25, 0.3) is 0 Å². The summed E-state index contributed by atoms with van der Waals surface area (Å²) < 4.78 is 10.9. The molecule has 1 N–H and O–H groups in total. The molecule has 0 aromatic heterocycles. The highest BCUT2D eigenvalue weighted by atomic mass is 16.7. The fourth-order valence-electron chi connectivity index (χ4n) is 0.958. The number of hydrogen-bond donors (Lipinski definition) is 1. The molecule has 0 saturated heterocycles. The van der Waals surface area contributed by atoms with Crippen molar-refractivity contribution >= 4 is 0 Å². The first-order chi connectivity index (χ1) is 6.57. The Morgan fingerprint density at radius 3 is 2.21 bits per heavy atom. The lowest BCUT2D eigenvalue weighted by atomic mass is 10.2. The Balaban J connectivity index is 3.66. The van der Waals surface area contributed by atoms with Crippen molar-refractivity contribution in [3.8, 4) is 0 Å². The summed E-state index contributed by atoms with van der Waals surface area (Å²) in [4.78, 5) is 0. The van der Waals surface area contributed by atoms with Crippen molar-refractivity contribution in [1.29, 1.82) is 0 Å². The van der Waals surface area contributed by atoms with Gasteiger partial charge in [-0.05, 0) is 19.3 Å². The van der Waals surface area contributed by atoms with Crippen molar-refractivity contribution < 1.29 is 14.6 Å². The Morgan fingerprint density at radius 2 is 1.79 bits per heavy atom. The summed E-state index contributed by atoms with van der Waals surface area (Å²) in [6.07, 6.45) is 1.07. The smallest absolute Gasteiger partial charge is 0.183 e. The highest BCUT2D eigenvalue weighted by Crippen LogP contribution is 2.05. The van der Waals surface area contributed by atoms with E-state index in [0.29, 0.717) is 19.1 Å². The second-order valence-corrected chi connectivity index (χ2v) is 4.06. The van der Waals surface area contributed by atoms with Crippen molar-refractivity contribution in [1.82, 2.24) is 0 Å². The van der Waals surface area contributed by atoms with Gasteiger partial charge in [0.15, 0.2) is 6.29 Å². The van der Waals surface area contributed by atoms with E-state index in [9.17, 15) is 5.11 Å². The van der Waals surface area contributed by atoms with E-state index in [1.54, 1.807) is 6.92 Å². The third-order valence-corrected chi connectivity index (χ3v) is 1.77. The van der Waals surface area contributed by atoms with Gasteiger partial charge in [0.1, 0.15) is 6.10 Å². The van der Waals surface area contributed by atoms with E-state index in [2.05, 4.69) is 20.8 Å². The zero-order chi connectivity index (χ0) is 11.0. The van der Waals surface area contributed by atoms with Crippen LogP contribution >= 0.6 is 0 Å². The highest BCUT2D eigenvalue weighted by molar-refractivity contribution is 4.54. The number of aliphatic hydroxyl groups excluding tert-OH is 1. The first-order valence-electron chi connectivity index (χ1n) is 5.49. The lowest BCUT2D eigenvalue weighted by Gasteiger charge is -2.21. The first-order valence-corrected chi connectivity index (χ1v) is 5.49.